The molecule has 25 heavy (non-hydrogen) atoms. The Morgan fingerprint density at radius 3 is 2.48 bits per heavy atom. The summed E-state index contributed by atoms with van der Waals surface area (Å²) < 4.78 is 5.71. The van der Waals surface area contributed by atoms with Crippen LogP contribution in [0.15, 0.2) is 54.6 Å². The summed E-state index contributed by atoms with van der Waals surface area (Å²) in [6, 6.07) is 15.7. The van der Waals surface area contributed by atoms with E-state index in [2.05, 4.69) is 5.32 Å². The highest BCUT2D eigenvalue weighted by atomic mass is 16.5. The molecule has 0 unspecified atom stereocenters. The zero-order valence-electron chi connectivity index (χ0n) is 13.6. The summed E-state index contributed by atoms with van der Waals surface area (Å²) in [5, 5.41) is 2.67. The second kappa shape index (κ2) is 7.04. The lowest BCUT2D eigenvalue weighted by Gasteiger charge is -2.14. The maximum Gasteiger partial charge on any atom is 0.327 e. The molecule has 0 spiro atoms. The minimum Gasteiger partial charge on any atom is -0.457 e. The largest absolute Gasteiger partial charge is 0.457 e. The summed E-state index contributed by atoms with van der Waals surface area (Å²) in [5.41, 5.74) is 0.519. The molecule has 1 heterocycles. The zero-order chi connectivity index (χ0) is 17.8. The molecule has 0 radical (unpaired) electrons. The molecule has 1 fully saturated rings. The molecule has 0 atom stereocenters. The van der Waals surface area contributed by atoms with Gasteiger partial charge < -0.3 is 15.0 Å². The highest BCUT2D eigenvalue weighted by molar-refractivity contribution is 6.06. The van der Waals surface area contributed by atoms with Crippen molar-refractivity contribution in [2.45, 2.75) is 0 Å². The van der Waals surface area contributed by atoms with E-state index in [0.29, 0.717) is 17.2 Å². The highest BCUT2D eigenvalue weighted by Gasteiger charge is 2.34. The van der Waals surface area contributed by atoms with Gasteiger partial charge in [0.1, 0.15) is 24.6 Å². The van der Waals surface area contributed by atoms with E-state index in [-0.39, 0.29) is 19.0 Å². The summed E-state index contributed by atoms with van der Waals surface area (Å²) >= 11 is 0. The number of amides is 4. The Morgan fingerprint density at radius 1 is 1.08 bits per heavy atom. The Kier molecular flexibility index (Phi) is 4.65. The van der Waals surface area contributed by atoms with Gasteiger partial charge in [0.25, 0.3) is 5.91 Å². The Hall–Kier alpha value is -3.35. The van der Waals surface area contributed by atoms with Crippen molar-refractivity contribution >= 4 is 23.5 Å². The standard InChI is InChI=1S/C18H17N3O4/c1-20-12-17(23)21(18(20)24)11-16(22)19-13-6-5-9-15(10-13)25-14-7-3-2-4-8-14/h2-10H,11-12H2,1H3,(H,19,22). The lowest BCUT2D eigenvalue weighted by Crippen LogP contribution is -2.38. The number of likely N-dealkylation sites (N-methyl/N-ethyl adjacent to an activating group) is 1. The summed E-state index contributed by atoms with van der Waals surface area (Å²) in [4.78, 5) is 37.8. The lowest BCUT2D eigenvalue weighted by atomic mass is 10.3. The van der Waals surface area contributed by atoms with E-state index in [4.69, 9.17) is 4.74 Å². The fourth-order valence-corrected chi connectivity index (χ4v) is 2.43. The fraction of sp³-hybridized carbons (Fsp3) is 0.167. The molecule has 0 aliphatic carbocycles. The fourth-order valence-electron chi connectivity index (χ4n) is 2.43. The molecule has 2 aromatic carbocycles. The first kappa shape index (κ1) is 16.5. The molecule has 1 aliphatic heterocycles. The zero-order valence-corrected chi connectivity index (χ0v) is 13.6. The van der Waals surface area contributed by atoms with Gasteiger partial charge in [-0.3, -0.25) is 14.5 Å². The number of para-hydroxylation sites is 1. The molecule has 0 bridgehead atoms. The average molecular weight is 339 g/mol. The Balaban J connectivity index is 1.63. The third-order valence-corrected chi connectivity index (χ3v) is 3.63. The van der Waals surface area contributed by atoms with Crippen LogP contribution in [0.5, 0.6) is 11.5 Å². The van der Waals surface area contributed by atoms with Crippen LogP contribution in [0.3, 0.4) is 0 Å². The van der Waals surface area contributed by atoms with E-state index in [9.17, 15) is 14.4 Å². The highest BCUT2D eigenvalue weighted by Crippen LogP contribution is 2.23. The number of benzene rings is 2. The predicted octanol–water partition coefficient (Wildman–Crippen LogP) is 2.31. The molecule has 1 saturated heterocycles. The van der Waals surface area contributed by atoms with Gasteiger partial charge in [-0.15, -0.1) is 0 Å². The number of hydrogen-bond acceptors (Lipinski definition) is 4. The van der Waals surface area contributed by atoms with E-state index in [0.717, 1.165) is 4.90 Å². The monoisotopic (exact) mass is 339 g/mol. The molecular formula is C18H17N3O4. The normalized spacial score (nSPS) is 14.0. The third-order valence-electron chi connectivity index (χ3n) is 3.63. The molecule has 7 heteroatoms. The topological polar surface area (TPSA) is 79.0 Å². The molecule has 128 valence electrons. The minimum absolute atomic E-state index is 0.00743. The molecule has 2 aromatic rings. The third kappa shape index (κ3) is 3.95. The second-order valence-corrected chi connectivity index (χ2v) is 5.61. The van der Waals surface area contributed by atoms with Crippen LogP contribution in [-0.2, 0) is 9.59 Å². The van der Waals surface area contributed by atoms with Crippen LogP contribution in [0.2, 0.25) is 0 Å². The van der Waals surface area contributed by atoms with Crippen molar-refractivity contribution in [3.8, 4) is 11.5 Å². The molecule has 4 amide bonds. The smallest absolute Gasteiger partial charge is 0.327 e. The number of hydrogen-bond donors (Lipinski definition) is 1. The number of anilines is 1. The molecule has 1 aliphatic rings. The lowest BCUT2D eigenvalue weighted by molar-refractivity contribution is -0.129. The number of imide groups is 1. The maximum absolute atomic E-state index is 12.1. The quantitative estimate of drug-likeness (QED) is 0.848. The number of nitrogens with zero attached hydrogens (tertiary/aromatic N) is 2. The van der Waals surface area contributed by atoms with Crippen LogP contribution >= 0.6 is 0 Å². The Morgan fingerprint density at radius 2 is 1.80 bits per heavy atom. The van der Waals surface area contributed by atoms with Gasteiger partial charge in [-0.2, -0.15) is 0 Å². The average Bonchev–Trinajstić information content (AvgIpc) is 2.82. The van der Waals surface area contributed by atoms with E-state index in [1.165, 1.54) is 11.9 Å². The summed E-state index contributed by atoms with van der Waals surface area (Å²) in [5.74, 6) is 0.414. The predicted molar refractivity (Wildman–Crippen MR) is 91.3 cm³/mol. The SMILES string of the molecule is CN1CC(=O)N(CC(=O)Nc2cccc(Oc3ccccc3)c2)C1=O. The van der Waals surface area contributed by atoms with Crippen LogP contribution in [0.4, 0.5) is 10.5 Å². The van der Waals surface area contributed by atoms with Gasteiger partial charge in [0.2, 0.25) is 5.91 Å². The van der Waals surface area contributed by atoms with Gasteiger partial charge in [-0.25, -0.2) is 4.79 Å². The Bertz CT molecular complexity index is 807. The van der Waals surface area contributed by atoms with Crippen LogP contribution in [0, 0.1) is 0 Å². The number of urea groups is 1. The molecule has 0 aromatic heterocycles. The summed E-state index contributed by atoms with van der Waals surface area (Å²) in [7, 11) is 1.52. The number of carbonyl (C=O) groups is 3. The van der Waals surface area contributed by atoms with Crippen LogP contribution in [-0.4, -0.2) is 47.8 Å². The van der Waals surface area contributed by atoms with Crippen molar-refractivity contribution < 1.29 is 19.1 Å². The van der Waals surface area contributed by atoms with E-state index in [1.54, 1.807) is 24.3 Å². The summed E-state index contributed by atoms with van der Waals surface area (Å²) in [6.45, 7) is -0.321. The first-order valence-corrected chi connectivity index (χ1v) is 7.71. The van der Waals surface area contributed by atoms with Crippen molar-refractivity contribution in [3.63, 3.8) is 0 Å². The number of rotatable bonds is 5. The number of carbonyl (C=O) groups excluding carboxylic acids is 3. The first-order chi connectivity index (χ1) is 12.0. The van der Waals surface area contributed by atoms with Crippen molar-refractivity contribution in [1.29, 1.82) is 0 Å². The van der Waals surface area contributed by atoms with Gasteiger partial charge in [0.15, 0.2) is 0 Å². The number of ether oxygens (including phenoxy) is 1. The van der Waals surface area contributed by atoms with E-state index < -0.39 is 11.9 Å². The van der Waals surface area contributed by atoms with Crippen molar-refractivity contribution in [2.75, 3.05) is 25.5 Å². The van der Waals surface area contributed by atoms with Gasteiger partial charge in [-0.05, 0) is 24.3 Å². The van der Waals surface area contributed by atoms with Gasteiger partial charge in [0.05, 0.1) is 0 Å². The van der Waals surface area contributed by atoms with Gasteiger partial charge in [-0.1, -0.05) is 24.3 Å². The van der Waals surface area contributed by atoms with Crippen molar-refractivity contribution in [3.05, 3.63) is 54.6 Å². The second-order valence-electron chi connectivity index (χ2n) is 5.61. The van der Waals surface area contributed by atoms with Gasteiger partial charge >= 0.3 is 6.03 Å². The molecule has 1 N–H and O–H groups in total. The van der Waals surface area contributed by atoms with E-state index >= 15 is 0 Å². The molecule has 3 rings (SSSR count). The van der Waals surface area contributed by atoms with Crippen LogP contribution in [0.25, 0.3) is 0 Å². The van der Waals surface area contributed by atoms with Gasteiger partial charge in [0, 0.05) is 18.8 Å². The van der Waals surface area contributed by atoms with Crippen LogP contribution in [0.1, 0.15) is 0 Å². The summed E-state index contributed by atoms with van der Waals surface area (Å²) in [6.07, 6.45) is 0. The van der Waals surface area contributed by atoms with Crippen LogP contribution < -0.4 is 10.1 Å². The van der Waals surface area contributed by atoms with E-state index in [1.807, 2.05) is 30.3 Å². The molecular weight excluding hydrogens is 322 g/mol. The molecule has 7 nitrogen and oxygen atoms in total. The van der Waals surface area contributed by atoms with Crippen molar-refractivity contribution in [2.24, 2.45) is 0 Å². The number of nitrogens with one attached hydrogen (secondary N) is 1. The van der Waals surface area contributed by atoms with Crippen molar-refractivity contribution in [1.82, 2.24) is 9.80 Å². The minimum atomic E-state index is -0.471. The maximum atomic E-state index is 12.1. The Labute approximate surface area is 144 Å². The molecule has 0 saturated carbocycles. The first-order valence-electron chi connectivity index (χ1n) is 7.71.